The van der Waals surface area contributed by atoms with Gasteiger partial charge in [0, 0.05) is 88.0 Å². The molecular formula is C91H130N8O15. The van der Waals surface area contributed by atoms with E-state index in [2.05, 4.69) is 86.7 Å². The topological polar surface area (TPSA) is 316 Å². The number of para-hydroxylation sites is 2. The number of hydrogen-bond acceptors (Lipinski definition) is 19. The van der Waals surface area contributed by atoms with Crippen LogP contribution in [0.25, 0.3) is 22.3 Å². The smallest absolute Gasteiger partial charge is 0.335 e. The summed E-state index contributed by atoms with van der Waals surface area (Å²) in [5.41, 5.74) is 13.4. The highest BCUT2D eigenvalue weighted by Gasteiger charge is 2.59. The number of fused-ring (bicyclic) bond motifs is 4. The van der Waals surface area contributed by atoms with Gasteiger partial charge in [-0.15, -0.1) is 0 Å². The number of aliphatic hydroxyl groups excluding tert-OH is 4. The number of carbonyl (C=O) groups is 6. The Morgan fingerprint density at radius 3 is 1.34 bits per heavy atom. The lowest BCUT2D eigenvalue weighted by Crippen LogP contribution is -2.62. The minimum absolute atomic E-state index is 0. The highest BCUT2D eigenvalue weighted by Crippen LogP contribution is 2.62. The number of carboxylic acids is 1. The summed E-state index contributed by atoms with van der Waals surface area (Å²) in [5, 5.41) is 64.6. The first-order chi connectivity index (χ1) is 52.8. The van der Waals surface area contributed by atoms with Gasteiger partial charge < -0.3 is 66.5 Å². The fourth-order valence-electron chi connectivity index (χ4n) is 18.9. The lowest BCUT2D eigenvalue weighted by Gasteiger charge is -2.62. The highest BCUT2D eigenvalue weighted by atomic mass is 16.7. The number of aromatic carboxylic acids is 1. The second-order valence-corrected chi connectivity index (χ2v) is 33.5. The molecule has 624 valence electrons. The van der Waals surface area contributed by atoms with Gasteiger partial charge in [-0.1, -0.05) is 161 Å². The monoisotopic (exact) mass is 1570 g/mol. The van der Waals surface area contributed by atoms with E-state index in [0.29, 0.717) is 111 Å². The number of ether oxygens (including phenoxy) is 2. The van der Waals surface area contributed by atoms with Crippen LogP contribution in [-0.2, 0) is 45.2 Å². The Balaban J connectivity index is 0.000000271. The van der Waals surface area contributed by atoms with Gasteiger partial charge in [0.25, 0.3) is 5.91 Å². The van der Waals surface area contributed by atoms with E-state index >= 15 is 0 Å². The number of nitrogens with zero attached hydrogens (tertiary/aromatic N) is 4. The molecule has 6 aromatic rings. The molecule has 14 rings (SSSR count). The second kappa shape index (κ2) is 40.5. The van der Waals surface area contributed by atoms with E-state index in [4.69, 9.17) is 24.9 Å². The number of methoxy groups -OCH3 is 2. The van der Waals surface area contributed by atoms with Crippen LogP contribution in [0, 0.1) is 58.2 Å². The first kappa shape index (κ1) is 92.9. The predicted octanol–water partition coefficient (Wildman–Crippen LogP) is 11.3. The number of nitrogens with two attached hydrogens (primary N) is 1. The van der Waals surface area contributed by atoms with Crippen LogP contribution in [0.5, 0.6) is 11.5 Å². The lowest BCUT2D eigenvalue weighted by molar-refractivity contribution is -0.183. The zero-order chi connectivity index (χ0) is 80.5. The molecule has 6 saturated carbocycles. The number of carboxylic acid groups (broad SMARTS) is 1. The molecule has 2 saturated heterocycles. The number of carbonyl (C=O) groups excluding carboxylic acids is 5. The lowest BCUT2D eigenvalue weighted by atomic mass is 9.45. The molecule has 18 atom stereocenters. The molecule has 114 heavy (non-hydrogen) atoms. The fourth-order valence-corrected chi connectivity index (χ4v) is 18.9. The number of hydroxylamine groups is 4. The fraction of sp³-hybridized carbons (Fsp3) is 0.538. The van der Waals surface area contributed by atoms with Crippen molar-refractivity contribution in [1.29, 1.82) is 0 Å². The van der Waals surface area contributed by atoms with E-state index in [1.807, 2.05) is 93.8 Å². The van der Waals surface area contributed by atoms with Crippen molar-refractivity contribution in [3.8, 4) is 33.8 Å². The molecule has 8 aliphatic rings. The second-order valence-electron chi connectivity index (χ2n) is 33.5. The van der Waals surface area contributed by atoms with Crippen LogP contribution in [0.2, 0.25) is 0 Å². The molecule has 6 aromatic carbocycles. The molecule has 10 N–H and O–H groups in total. The van der Waals surface area contributed by atoms with Gasteiger partial charge in [0.2, 0.25) is 11.8 Å². The Bertz CT molecular complexity index is 4180. The third-order valence-electron chi connectivity index (χ3n) is 24.9. The van der Waals surface area contributed by atoms with E-state index in [0.717, 1.165) is 37.7 Å². The Labute approximate surface area is 676 Å². The third-order valence-corrected chi connectivity index (χ3v) is 24.9. The number of rotatable bonds is 29. The molecule has 8 fully saturated rings. The standard InChI is InChI=1S/C44H58N4O7.C33H42N2O8.C11H18N2.3CH4/c1-26-36-20-33(44(36,3)4)21-37(26)46-43(53)40-39(27(2)51)38(25-50)55-48(40)22-30-14-11-15-35(41(30)54-7)31-16-29(24-49)17-32(19-31)42(52)45-34(23-47(5)6)18-28-12-9-8-10-13-28;1-17-25-12-23(33(25,3)4)13-26(17)34-31(39)29-28(18(2)38)27(16-37)43-35(29)14-20-7-6-8-24(30(20)42-5)21-9-19(15-36)10-22(11-21)32(40)41;1-13(2)9-11(12)8-10-6-4-3-5-7-10;;;/h8-17,19,24,26-27,33-34,36-40,50-51H,18,20-23,25H2,1-7H3,(H,45,52)(H,46,53);6-11,15,17-18,23,25-29,37-38H,12-14,16H2,1-5H3,(H,34,39)(H,40,41);3-7,11H,8-9,12H2,1-2H3;3*1H4/t26-,27-,33+,34-,36-,37-,38-,39+,40-;17-,18-,23+,25-,26-,27-,28+,29-;11-;;;/m001.../s1. The zero-order valence-electron chi connectivity index (χ0n) is 66.9. The highest BCUT2D eigenvalue weighted by molar-refractivity contribution is 5.98. The molecule has 2 aliphatic heterocycles. The van der Waals surface area contributed by atoms with Gasteiger partial charge in [0.1, 0.15) is 48.4 Å². The van der Waals surface area contributed by atoms with Gasteiger partial charge in [-0.05, 0) is 186 Å². The normalized spacial score (nSPS) is 25.9. The van der Waals surface area contributed by atoms with Crippen LogP contribution < -0.4 is 31.2 Å². The molecule has 0 spiro atoms. The minimum Gasteiger partial charge on any atom is -0.496 e. The van der Waals surface area contributed by atoms with E-state index in [-0.39, 0.29) is 112 Å². The number of aldehydes is 2. The van der Waals surface area contributed by atoms with Crippen LogP contribution in [0.1, 0.15) is 167 Å². The van der Waals surface area contributed by atoms with Crippen molar-refractivity contribution in [2.75, 3.05) is 68.7 Å². The molecule has 0 radical (unpaired) electrons. The first-order valence-corrected chi connectivity index (χ1v) is 39.1. The maximum atomic E-state index is 14.2. The molecular weight excluding hydrogens is 1450 g/mol. The van der Waals surface area contributed by atoms with Gasteiger partial charge in [-0.2, -0.15) is 10.1 Å². The number of benzene rings is 6. The van der Waals surface area contributed by atoms with Gasteiger partial charge in [0.15, 0.2) is 0 Å². The van der Waals surface area contributed by atoms with Crippen molar-refractivity contribution in [2.24, 2.45) is 63.9 Å². The maximum absolute atomic E-state index is 14.2. The zero-order valence-corrected chi connectivity index (χ0v) is 66.9. The molecule has 0 aromatic heterocycles. The number of likely N-dealkylation sites (N-methyl/N-ethyl adjacent to an activating group) is 2. The van der Waals surface area contributed by atoms with E-state index in [9.17, 15) is 54.3 Å². The van der Waals surface area contributed by atoms with Crippen LogP contribution in [0.4, 0.5) is 0 Å². The average Bonchev–Trinajstić information content (AvgIpc) is 0.827. The van der Waals surface area contributed by atoms with Gasteiger partial charge in [-0.25, -0.2) is 4.79 Å². The summed E-state index contributed by atoms with van der Waals surface area (Å²) in [6.45, 7) is 17.9. The number of hydrogen-bond donors (Lipinski definition) is 9. The molecule has 4 bridgehead atoms. The molecule has 3 amide bonds. The molecule has 23 nitrogen and oxygen atoms in total. The van der Waals surface area contributed by atoms with Crippen molar-refractivity contribution < 1.29 is 73.4 Å². The Morgan fingerprint density at radius 2 is 0.982 bits per heavy atom. The summed E-state index contributed by atoms with van der Waals surface area (Å²) in [5.74, 6) is 0.427. The summed E-state index contributed by atoms with van der Waals surface area (Å²) < 4.78 is 11.8. The van der Waals surface area contributed by atoms with Crippen molar-refractivity contribution in [3.05, 3.63) is 178 Å². The molecule has 0 unspecified atom stereocenters. The largest absolute Gasteiger partial charge is 0.496 e. The van der Waals surface area contributed by atoms with Gasteiger partial charge in [-0.3, -0.25) is 33.6 Å². The third kappa shape index (κ3) is 21.1. The molecule has 2 heterocycles. The summed E-state index contributed by atoms with van der Waals surface area (Å²) in [6, 6.07) is 39.1. The number of nitrogens with one attached hydrogen (secondary N) is 3. The minimum atomic E-state index is -1.16. The van der Waals surface area contributed by atoms with Crippen molar-refractivity contribution in [2.45, 2.75) is 190 Å². The van der Waals surface area contributed by atoms with Gasteiger partial charge >= 0.3 is 5.97 Å². The SMILES string of the molecule is C.C.C.CN(C)C[C@H](N)Cc1ccccc1.COc1c(CN2O[C@@H](CO)[C@@H]([C@H](C)O)[C@H]2C(=O)N[C@H]2C[C@H]3C[C@@H]([C@@H]2C)C3(C)C)cccc1-c1cc(C=O)cc(C(=O)N[C@@H](Cc2ccccc2)CN(C)C)c1.COc1c(CN2O[C@@H](CO)[C@@H]([C@H](C)O)[C@H]2C(=O)N[C@H]2C[C@H]3C[C@@H]([C@@H]2C)C3(C)C)cccc1-c1cc(C=O)cc(C(=O)O)c1. The summed E-state index contributed by atoms with van der Waals surface area (Å²) in [4.78, 5) is 94.0. The van der Waals surface area contributed by atoms with Crippen molar-refractivity contribution in [1.82, 2.24) is 35.9 Å². The van der Waals surface area contributed by atoms with Crippen LogP contribution in [0.3, 0.4) is 0 Å². The Hall–Kier alpha value is -8.30. The van der Waals surface area contributed by atoms with Crippen molar-refractivity contribution >= 4 is 36.3 Å². The quantitative estimate of drug-likeness (QED) is 0.0197. The van der Waals surface area contributed by atoms with E-state index < -0.39 is 54.3 Å². The maximum Gasteiger partial charge on any atom is 0.335 e. The molecule has 6 aliphatic carbocycles. The molecule has 23 heteroatoms. The van der Waals surface area contributed by atoms with Crippen LogP contribution in [0.15, 0.2) is 133 Å². The van der Waals surface area contributed by atoms with Crippen molar-refractivity contribution in [3.63, 3.8) is 0 Å². The summed E-state index contributed by atoms with van der Waals surface area (Å²) in [6.07, 6.45) is 3.67. The average molecular weight is 1580 g/mol. The number of aliphatic hydroxyl groups is 4. The van der Waals surface area contributed by atoms with Crippen LogP contribution in [-0.4, -0.2) is 211 Å². The van der Waals surface area contributed by atoms with E-state index in [1.54, 1.807) is 62.4 Å². The predicted molar refractivity (Wildman–Crippen MR) is 447 cm³/mol. The summed E-state index contributed by atoms with van der Waals surface area (Å²) in [7, 11) is 11.1. The Kier molecular flexibility index (Phi) is 33.0. The van der Waals surface area contributed by atoms with Crippen LogP contribution >= 0.6 is 0 Å². The number of amides is 3. The Morgan fingerprint density at radius 1 is 0.579 bits per heavy atom. The van der Waals surface area contributed by atoms with Gasteiger partial charge in [0.05, 0.1) is 58.3 Å². The summed E-state index contributed by atoms with van der Waals surface area (Å²) >= 11 is 0. The van der Waals surface area contributed by atoms with E-state index in [1.165, 1.54) is 42.7 Å². The first-order valence-electron chi connectivity index (χ1n) is 39.1.